The Morgan fingerprint density at radius 1 is 0.893 bits per heavy atom. The molecule has 4 rings (SSSR count). The summed E-state index contributed by atoms with van der Waals surface area (Å²) < 4.78 is 0. The minimum absolute atomic E-state index is 0.0533. The van der Waals surface area contributed by atoms with Crippen LogP contribution in [0.4, 0.5) is 11.4 Å². The number of hydrogen-bond donors (Lipinski definition) is 1. The molecule has 0 aromatic heterocycles. The summed E-state index contributed by atoms with van der Waals surface area (Å²) >= 11 is 1.58. The maximum atomic E-state index is 13.0. The van der Waals surface area contributed by atoms with Crippen molar-refractivity contribution >= 4 is 35.0 Å². The van der Waals surface area contributed by atoms with Crippen molar-refractivity contribution in [2.45, 2.75) is 5.25 Å². The first-order chi connectivity index (χ1) is 13.7. The molecule has 2 amide bonds. The molecule has 0 saturated heterocycles. The van der Waals surface area contributed by atoms with Gasteiger partial charge in [-0.05, 0) is 23.3 Å². The van der Waals surface area contributed by atoms with Gasteiger partial charge in [0.15, 0.2) is 0 Å². The van der Waals surface area contributed by atoms with Gasteiger partial charge < -0.3 is 10.2 Å². The lowest BCUT2D eigenvalue weighted by molar-refractivity contribution is -0.120. The molecule has 0 saturated carbocycles. The van der Waals surface area contributed by atoms with E-state index in [1.807, 2.05) is 60.7 Å². The van der Waals surface area contributed by atoms with E-state index >= 15 is 0 Å². The molecule has 140 valence electrons. The van der Waals surface area contributed by atoms with Gasteiger partial charge in [-0.15, -0.1) is 11.8 Å². The van der Waals surface area contributed by atoms with E-state index in [9.17, 15) is 9.59 Å². The van der Waals surface area contributed by atoms with E-state index in [-0.39, 0.29) is 29.4 Å². The van der Waals surface area contributed by atoms with E-state index in [2.05, 4.69) is 29.6 Å². The summed E-state index contributed by atoms with van der Waals surface area (Å²) in [6.07, 6.45) is 0. The predicted molar refractivity (Wildman–Crippen MR) is 115 cm³/mol. The molecule has 0 radical (unpaired) electrons. The minimum atomic E-state index is -0.167. The Morgan fingerprint density at radius 3 is 2.11 bits per heavy atom. The zero-order valence-corrected chi connectivity index (χ0v) is 16.1. The fourth-order valence-electron chi connectivity index (χ4n) is 3.33. The number of amides is 2. The van der Waals surface area contributed by atoms with Crippen molar-refractivity contribution in [2.75, 3.05) is 22.5 Å². The molecule has 28 heavy (non-hydrogen) atoms. The van der Waals surface area contributed by atoms with Gasteiger partial charge in [-0.2, -0.15) is 0 Å². The zero-order valence-electron chi connectivity index (χ0n) is 15.2. The molecule has 4 nitrogen and oxygen atoms in total. The Balaban J connectivity index is 1.55. The summed E-state index contributed by atoms with van der Waals surface area (Å²) in [6.45, 7) is 0.0533. The first-order valence-corrected chi connectivity index (χ1v) is 10.2. The quantitative estimate of drug-likeness (QED) is 0.700. The number of thioether (sulfide) groups is 1. The third-order valence-electron chi connectivity index (χ3n) is 4.65. The van der Waals surface area contributed by atoms with E-state index in [1.165, 1.54) is 0 Å². The molecule has 1 aliphatic heterocycles. The van der Waals surface area contributed by atoms with Crippen LogP contribution in [0.25, 0.3) is 0 Å². The Morgan fingerprint density at radius 2 is 1.46 bits per heavy atom. The summed E-state index contributed by atoms with van der Waals surface area (Å²) in [6, 6.07) is 27.8. The van der Waals surface area contributed by atoms with Gasteiger partial charge in [0.1, 0.15) is 6.54 Å². The number of benzene rings is 3. The number of nitrogens with zero attached hydrogens (tertiary/aromatic N) is 1. The SMILES string of the molecule is O=C1CN(C(=O)CSC(c2ccccc2)c2ccccc2)c2ccccc2N1. The second kappa shape index (κ2) is 8.31. The van der Waals surface area contributed by atoms with Gasteiger partial charge in [0.05, 0.1) is 22.4 Å². The maximum Gasteiger partial charge on any atom is 0.244 e. The van der Waals surface area contributed by atoms with Crippen molar-refractivity contribution < 1.29 is 9.59 Å². The van der Waals surface area contributed by atoms with Crippen LogP contribution in [0.15, 0.2) is 84.9 Å². The van der Waals surface area contributed by atoms with Crippen LogP contribution in [0.2, 0.25) is 0 Å². The Labute approximate surface area is 168 Å². The van der Waals surface area contributed by atoms with Gasteiger partial charge in [-0.25, -0.2) is 0 Å². The molecule has 0 fully saturated rings. The normalized spacial score (nSPS) is 13.2. The molecule has 0 spiro atoms. The highest BCUT2D eigenvalue weighted by Crippen LogP contribution is 2.36. The van der Waals surface area contributed by atoms with Crippen molar-refractivity contribution in [3.05, 3.63) is 96.1 Å². The van der Waals surface area contributed by atoms with E-state index in [0.29, 0.717) is 5.69 Å². The van der Waals surface area contributed by atoms with Gasteiger partial charge in [0.2, 0.25) is 11.8 Å². The van der Waals surface area contributed by atoms with E-state index in [4.69, 9.17) is 0 Å². The van der Waals surface area contributed by atoms with Crippen LogP contribution in [0, 0.1) is 0 Å². The molecule has 3 aromatic rings. The van der Waals surface area contributed by atoms with Crippen LogP contribution < -0.4 is 10.2 Å². The van der Waals surface area contributed by atoms with Gasteiger partial charge >= 0.3 is 0 Å². The van der Waals surface area contributed by atoms with E-state index in [1.54, 1.807) is 16.7 Å². The molecule has 3 aromatic carbocycles. The van der Waals surface area contributed by atoms with Crippen molar-refractivity contribution in [3.63, 3.8) is 0 Å². The van der Waals surface area contributed by atoms with Crippen molar-refractivity contribution in [1.82, 2.24) is 0 Å². The fraction of sp³-hybridized carbons (Fsp3) is 0.130. The fourth-order valence-corrected chi connectivity index (χ4v) is 4.49. The summed E-state index contributed by atoms with van der Waals surface area (Å²) in [5.74, 6) is 0.0552. The van der Waals surface area contributed by atoms with Gasteiger partial charge in [0, 0.05) is 0 Å². The third-order valence-corrected chi connectivity index (χ3v) is 5.94. The highest BCUT2D eigenvalue weighted by Gasteiger charge is 2.27. The Kier molecular flexibility index (Phi) is 5.44. The number of fused-ring (bicyclic) bond motifs is 1. The topological polar surface area (TPSA) is 49.4 Å². The van der Waals surface area contributed by atoms with Gasteiger partial charge in [-0.1, -0.05) is 72.8 Å². The van der Waals surface area contributed by atoms with E-state index in [0.717, 1.165) is 16.8 Å². The first-order valence-electron chi connectivity index (χ1n) is 9.13. The second-order valence-electron chi connectivity index (χ2n) is 6.56. The van der Waals surface area contributed by atoms with Crippen LogP contribution in [-0.2, 0) is 9.59 Å². The number of nitrogens with one attached hydrogen (secondary N) is 1. The third kappa shape index (κ3) is 3.94. The molecule has 5 heteroatoms. The van der Waals surface area contributed by atoms with Crippen molar-refractivity contribution in [3.8, 4) is 0 Å². The zero-order chi connectivity index (χ0) is 19.3. The highest BCUT2D eigenvalue weighted by molar-refractivity contribution is 8.00. The lowest BCUT2D eigenvalue weighted by Crippen LogP contribution is -2.43. The molecule has 1 heterocycles. The van der Waals surface area contributed by atoms with Crippen LogP contribution >= 0.6 is 11.8 Å². The largest absolute Gasteiger partial charge is 0.323 e. The molecule has 1 N–H and O–H groups in total. The summed E-state index contributed by atoms with van der Waals surface area (Å²) in [4.78, 5) is 26.6. The lowest BCUT2D eigenvalue weighted by Gasteiger charge is -2.29. The number of carbonyl (C=O) groups is 2. The minimum Gasteiger partial charge on any atom is -0.323 e. The number of hydrogen-bond acceptors (Lipinski definition) is 3. The van der Waals surface area contributed by atoms with Gasteiger partial charge in [-0.3, -0.25) is 9.59 Å². The Bertz CT molecular complexity index is 937. The molecule has 0 atom stereocenters. The molecule has 1 aliphatic rings. The molecule has 0 aliphatic carbocycles. The first kappa shape index (κ1) is 18.3. The molecule has 0 unspecified atom stereocenters. The summed E-state index contributed by atoms with van der Waals surface area (Å²) in [5.41, 5.74) is 3.75. The van der Waals surface area contributed by atoms with Gasteiger partial charge in [0.25, 0.3) is 0 Å². The number of carbonyl (C=O) groups excluding carboxylic acids is 2. The average molecular weight is 388 g/mol. The van der Waals surface area contributed by atoms with E-state index < -0.39 is 0 Å². The molecular weight excluding hydrogens is 368 g/mol. The molecular formula is C23H20N2O2S. The van der Waals surface area contributed by atoms with Crippen LogP contribution in [0.1, 0.15) is 16.4 Å². The number of para-hydroxylation sites is 2. The van der Waals surface area contributed by atoms with Crippen LogP contribution in [-0.4, -0.2) is 24.1 Å². The second-order valence-corrected chi connectivity index (χ2v) is 7.65. The lowest BCUT2D eigenvalue weighted by atomic mass is 10.0. The summed E-state index contributed by atoms with van der Waals surface area (Å²) in [5, 5.41) is 2.88. The smallest absolute Gasteiger partial charge is 0.244 e. The maximum absolute atomic E-state index is 13.0. The van der Waals surface area contributed by atoms with Crippen molar-refractivity contribution in [1.29, 1.82) is 0 Å². The monoisotopic (exact) mass is 388 g/mol. The predicted octanol–water partition coefficient (Wildman–Crippen LogP) is 4.49. The highest BCUT2D eigenvalue weighted by atomic mass is 32.2. The van der Waals surface area contributed by atoms with Crippen LogP contribution in [0.5, 0.6) is 0 Å². The summed E-state index contributed by atoms with van der Waals surface area (Å²) in [7, 11) is 0. The average Bonchev–Trinajstić information content (AvgIpc) is 2.74. The molecule has 0 bridgehead atoms. The number of rotatable bonds is 5. The number of anilines is 2. The van der Waals surface area contributed by atoms with Crippen molar-refractivity contribution in [2.24, 2.45) is 0 Å². The van der Waals surface area contributed by atoms with Crippen LogP contribution in [0.3, 0.4) is 0 Å². The Hall–Kier alpha value is -3.05. The standard InChI is InChI=1S/C23H20N2O2S/c26-21-15-25(20-14-8-7-13-19(20)24-21)22(27)16-28-23(17-9-3-1-4-10-17)18-11-5-2-6-12-18/h1-14,23H,15-16H2,(H,24,26).